The molecule has 0 atom stereocenters. The Labute approximate surface area is 91.0 Å². The summed E-state index contributed by atoms with van der Waals surface area (Å²) in [4.78, 5) is 18.8. The van der Waals surface area contributed by atoms with Gasteiger partial charge in [0.2, 0.25) is 0 Å². The molecule has 14 heavy (non-hydrogen) atoms. The lowest BCUT2D eigenvalue weighted by atomic mass is 10.7. The van der Waals surface area contributed by atoms with Crippen molar-refractivity contribution in [2.45, 2.75) is 12.1 Å². The molecule has 0 radical (unpaired) electrons. The number of aromatic nitrogens is 2. The zero-order valence-corrected chi connectivity index (χ0v) is 9.14. The zero-order chi connectivity index (χ0) is 10.4. The number of thioether (sulfide) groups is 1. The van der Waals surface area contributed by atoms with Crippen LogP contribution in [0.15, 0.2) is 17.6 Å². The summed E-state index contributed by atoms with van der Waals surface area (Å²) in [6.45, 7) is 2.15. The minimum absolute atomic E-state index is 0.218. The van der Waals surface area contributed by atoms with Crippen LogP contribution in [0.2, 0.25) is 5.02 Å². The van der Waals surface area contributed by atoms with Crippen LogP contribution in [0.3, 0.4) is 0 Å². The topological polar surface area (TPSA) is 52.1 Å². The zero-order valence-electron chi connectivity index (χ0n) is 7.57. The fourth-order valence-corrected chi connectivity index (χ4v) is 1.38. The van der Waals surface area contributed by atoms with Gasteiger partial charge in [-0.2, -0.15) is 0 Å². The molecule has 0 spiro atoms. The molecule has 1 aromatic heterocycles. The second kappa shape index (κ2) is 5.82. The molecule has 0 aromatic carbocycles. The van der Waals surface area contributed by atoms with Crippen LogP contribution in [-0.2, 0) is 9.53 Å². The number of hydrogen-bond acceptors (Lipinski definition) is 5. The summed E-state index contributed by atoms with van der Waals surface area (Å²) in [5, 5.41) is 0.993. The van der Waals surface area contributed by atoms with Crippen LogP contribution in [0.1, 0.15) is 6.92 Å². The Morgan fingerprint density at radius 2 is 2.21 bits per heavy atom. The first-order chi connectivity index (χ1) is 6.72. The Kier molecular flexibility index (Phi) is 4.69. The van der Waals surface area contributed by atoms with Crippen molar-refractivity contribution in [3.8, 4) is 0 Å². The van der Waals surface area contributed by atoms with Gasteiger partial charge in [-0.25, -0.2) is 9.97 Å². The monoisotopic (exact) mass is 232 g/mol. The van der Waals surface area contributed by atoms with E-state index in [4.69, 9.17) is 16.3 Å². The second-order valence-electron chi connectivity index (χ2n) is 2.28. The number of halogens is 1. The standard InChI is InChI=1S/C8H9ClN2O2S/c1-2-13-7(12)5-14-8-10-3-6(9)4-11-8/h3-4H,2,5H2,1H3. The van der Waals surface area contributed by atoms with Gasteiger partial charge in [-0.15, -0.1) is 0 Å². The third-order valence-corrected chi connectivity index (χ3v) is 2.27. The lowest BCUT2D eigenvalue weighted by Crippen LogP contribution is -2.06. The Hall–Kier alpha value is -0.810. The lowest BCUT2D eigenvalue weighted by molar-refractivity contribution is -0.139. The number of rotatable bonds is 4. The summed E-state index contributed by atoms with van der Waals surface area (Å²) < 4.78 is 4.75. The van der Waals surface area contributed by atoms with Crippen LogP contribution < -0.4 is 0 Å². The Morgan fingerprint density at radius 3 is 2.79 bits per heavy atom. The maximum atomic E-state index is 11.0. The van der Waals surface area contributed by atoms with E-state index in [2.05, 4.69) is 9.97 Å². The van der Waals surface area contributed by atoms with Crippen LogP contribution in [0, 0.1) is 0 Å². The molecule has 0 bridgehead atoms. The minimum atomic E-state index is -0.268. The maximum absolute atomic E-state index is 11.0. The van der Waals surface area contributed by atoms with Crippen molar-refractivity contribution in [3.63, 3.8) is 0 Å². The van der Waals surface area contributed by atoms with Crippen molar-refractivity contribution in [1.82, 2.24) is 9.97 Å². The molecule has 0 saturated carbocycles. The fraction of sp³-hybridized carbons (Fsp3) is 0.375. The number of carbonyl (C=O) groups excluding carboxylic acids is 1. The molecule has 0 N–H and O–H groups in total. The molecule has 4 nitrogen and oxygen atoms in total. The second-order valence-corrected chi connectivity index (χ2v) is 3.66. The van der Waals surface area contributed by atoms with E-state index in [1.54, 1.807) is 6.92 Å². The molecule has 76 valence electrons. The molecule has 0 aliphatic heterocycles. The molecule has 1 aromatic rings. The molecule has 0 amide bonds. The van der Waals surface area contributed by atoms with Gasteiger partial charge in [-0.3, -0.25) is 4.79 Å². The highest BCUT2D eigenvalue weighted by Crippen LogP contribution is 2.13. The number of hydrogen-bond donors (Lipinski definition) is 0. The van der Waals surface area contributed by atoms with Crippen LogP contribution in [0.25, 0.3) is 0 Å². The van der Waals surface area contributed by atoms with Crippen LogP contribution in [0.4, 0.5) is 0 Å². The fourth-order valence-electron chi connectivity index (χ4n) is 0.701. The Balaban J connectivity index is 2.38. The predicted molar refractivity (Wildman–Crippen MR) is 54.4 cm³/mol. The van der Waals surface area contributed by atoms with Gasteiger partial charge in [-0.05, 0) is 6.92 Å². The van der Waals surface area contributed by atoms with Crippen molar-refractivity contribution in [2.24, 2.45) is 0 Å². The number of nitrogens with zero attached hydrogens (tertiary/aromatic N) is 2. The lowest BCUT2D eigenvalue weighted by Gasteiger charge is -2.00. The van der Waals surface area contributed by atoms with Crippen molar-refractivity contribution < 1.29 is 9.53 Å². The van der Waals surface area contributed by atoms with Gasteiger partial charge in [-0.1, -0.05) is 23.4 Å². The molecule has 0 unspecified atom stereocenters. The minimum Gasteiger partial charge on any atom is -0.465 e. The summed E-state index contributed by atoms with van der Waals surface area (Å²) >= 11 is 6.82. The number of ether oxygens (including phenoxy) is 1. The summed E-state index contributed by atoms with van der Waals surface area (Å²) in [6, 6.07) is 0. The van der Waals surface area contributed by atoms with Crippen LogP contribution in [-0.4, -0.2) is 28.3 Å². The first kappa shape index (κ1) is 11.3. The van der Waals surface area contributed by atoms with Crippen molar-refractivity contribution in [2.75, 3.05) is 12.4 Å². The van der Waals surface area contributed by atoms with Gasteiger partial charge >= 0.3 is 5.97 Å². The largest absolute Gasteiger partial charge is 0.465 e. The third kappa shape index (κ3) is 3.93. The summed E-state index contributed by atoms with van der Waals surface area (Å²) in [7, 11) is 0. The molecule has 0 saturated heterocycles. The van der Waals surface area contributed by atoms with Crippen molar-refractivity contribution in [3.05, 3.63) is 17.4 Å². The van der Waals surface area contributed by atoms with Gasteiger partial charge < -0.3 is 4.74 Å². The maximum Gasteiger partial charge on any atom is 0.316 e. The van der Waals surface area contributed by atoms with Gasteiger partial charge in [0.25, 0.3) is 0 Å². The summed E-state index contributed by atoms with van der Waals surface area (Å²) in [5.41, 5.74) is 0. The first-order valence-electron chi connectivity index (χ1n) is 3.98. The van der Waals surface area contributed by atoms with Crippen LogP contribution in [0.5, 0.6) is 0 Å². The highest BCUT2D eigenvalue weighted by Gasteiger charge is 2.04. The number of carbonyl (C=O) groups is 1. The van der Waals surface area contributed by atoms with E-state index in [1.165, 1.54) is 24.2 Å². The first-order valence-corrected chi connectivity index (χ1v) is 5.34. The molecule has 0 aliphatic carbocycles. The van der Waals surface area contributed by atoms with Crippen molar-refractivity contribution >= 4 is 29.3 Å². The van der Waals surface area contributed by atoms with Gasteiger partial charge in [0.15, 0.2) is 5.16 Å². The smallest absolute Gasteiger partial charge is 0.316 e. The Morgan fingerprint density at radius 1 is 1.57 bits per heavy atom. The summed E-state index contributed by atoms with van der Waals surface area (Å²) in [5.74, 6) is -0.0498. The van der Waals surface area contributed by atoms with E-state index in [0.29, 0.717) is 16.8 Å². The average Bonchev–Trinajstić information content (AvgIpc) is 2.17. The van der Waals surface area contributed by atoms with Crippen molar-refractivity contribution in [1.29, 1.82) is 0 Å². The molecule has 0 aliphatic rings. The quantitative estimate of drug-likeness (QED) is 0.450. The molecule has 0 fully saturated rings. The molecular formula is C8H9ClN2O2S. The van der Waals surface area contributed by atoms with E-state index in [9.17, 15) is 4.79 Å². The van der Waals surface area contributed by atoms with Crippen LogP contribution >= 0.6 is 23.4 Å². The van der Waals surface area contributed by atoms with Gasteiger partial charge in [0.1, 0.15) is 0 Å². The van der Waals surface area contributed by atoms with Gasteiger partial charge in [0.05, 0.1) is 29.8 Å². The van der Waals surface area contributed by atoms with E-state index < -0.39 is 0 Å². The number of esters is 1. The molecule has 1 heterocycles. The van der Waals surface area contributed by atoms with E-state index >= 15 is 0 Å². The highest BCUT2D eigenvalue weighted by molar-refractivity contribution is 7.99. The normalized spacial score (nSPS) is 9.86. The predicted octanol–water partition coefficient (Wildman–Crippen LogP) is 1.79. The van der Waals surface area contributed by atoms with Gasteiger partial charge in [0, 0.05) is 0 Å². The highest BCUT2D eigenvalue weighted by atomic mass is 35.5. The molecule has 6 heteroatoms. The Bertz CT molecular complexity index is 305. The molecular weight excluding hydrogens is 224 g/mol. The van der Waals surface area contributed by atoms with E-state index in [1.807, 2.05) is 0 Å². The molecule has 1 rings (SSSR count). The van der Waals surface area contributed by atoms with E-state index in [0.717, 1.165) is 0 Å². The summed E-state index contributed by atoms with van der Waals surface area (Å²) in [6.07, 6.45) is 2.98. The SMILES string of the molecule is CCOC(=O)CSc1ncc(Cl)cn1. The third-order valence-electron chi connectivity index (χ3n) is 1.22. The average molecular weight is 233 g/mol. The van der Waals surface area contributed by atoms with E-state index in [-0.39, 0.29) is 11.7 Å².